The first-order valence-corrected chi connectivity index (χ1v) is 8.94. The van der Waals surface area contributed by atoms with Gasteiger partial charge < -0.3 is 15.4 Å². The highest BCUT2D eigenvalue weighted by molar-refractivity contribution is 8.00. The second-order valence-corrected chi connectivity index (χ2v) is 6.47. The number of hydrogen-bond donors (Lipinski definition) is 2. The number of hydrogen-bond acceptors (Lipinski definition) is 4. The Morgan fingerprint density at radius 1 is 1.12 bits per heavy atom. The van der Waals surface area contributed by atoms with Gasteiger partial charge in [-0.1, -0.05) is 24.3 Å². The molecule has 0 spiro atoms. The van der Waals surface area contributed by atoms with E-state index in [4.69, 9.17) is 4.74 Å². The van der Waals surface area contributed by atoms with Crippen molar-refractivity contribution in [3.05, 3.63) is 59.7 Å². The summed E-state index contributed by atoms with van der Waals surface area (Å²) >= 11 is 1.34. The molecule has 0 unspecified atom stereocenters. The average molecular weight is 358 g/mol. The van der Waals surface area contributed by atoms with E-state index in [0.29, 0.717) is 18.7 Å². The third kappa shape index (κ3) is 6.25. The number of anilines is 1. The van der Waals surface area contributed by atoms with Crippen molar-refractivity contribution in [1.29, 1.82) is 0 Å². The van der Waals surface area contributed by atoms with Gasteiger partial charge in [0, 0.05) is 24.2 Å². The van der Waals surface area contributed by atoms with Crippen LogP contribution in [-0.2, 0) is 9.53 Å². The monoisotopic (exact) mass is 358 g/mol. The van der Waals surface area contributed by atoms with Gasteiger partial charge in [0.15, 0.2) is 0 Å². The molecule has 2 amide bonds. The molecule has 0 saturated heterocycles. The predicted molar refractivity (Wildman–Crippen MR) is 101 cm³/mol. The molecule has 0 heterocycles. The van der Waals surface area contributed by atoms with Gasteiger partial charge in [-0.25, -0.2) is 0 Å². The van der Waals surface area contributed by atoms with Crippen LogP contribution in [0.5, 0.6) is 0 Å². The van der Waals surface area contributed by atoms with E-state index in [1.54, 1.807) is 13.2 Å². The summed E-state index contributed by atoms with van der Waals surface area (Å²) in [5.41, 5.74) is 2.38. The second kappa shape index (κ2) is 9.86. The van der Waals surface area contributed by atoms with E-state index in [9.17, 15) is 9.59 Å². The van der Waals surface area contributed by atoms with Gasteiger partial charge >= 0.3 is 0 Å². The molecule has 0 atom stereocenters. The third-order valence-corrected chi connectivity index (χ3v) is 4.47. The molecule has 132 valence electrons. The lowest BCUT2D eigenvalue weighted by atomic mass is 10.2. The van der Waals surface area contributed by atoms with Crippen molar-refractivity contribution in [1.82, 2.24) is 5.32 Å². The fraction of sp³-hybridized carbons (Fsp3) is 0.263. The lowest BCUT2D eigenvalue weighted by Crippen LogP contribution is -2.28. The van der Waals surface area contributed by atoms with Crippen molar-refractivity contribution >= 4 is 29.3 Å². The normalized spacial score (nSPS) is 10.3. The highest BCUT2D eigenvalue weighted by Crippen LogP contribution is 2.23. The molecule has 0 saturated carbocycles. The Morgan fingerprint density at radius 2 is 1.92 bits per heavy atom. The zero-order valence-electron chi connectivity index (χ0n) is 14.4. The van der Waals surface area contributed by atoms with Crippen LogP contribution in [0.3, 0.4) is 0 Å². The molecule has 2 N–H and O–H groups in total. The van der Waals surface area contributed by atoms with Crippen molar-refractivity contribution in [2.45, 2.75) is 11.8 Å². The summed E-state index contributed by atoms with van der Waals surface area (Å²) in [6.45, 7) is 2.93. The van der Waals surface area contributed by atoms with Crippen LogP contribution in [0, 0.1) is 6.92 Å². The molecule has 0 fully saturated rings. The third-order valence-electron chi connectivity index (χ3n) is 3.39. The fourth-order valence-electron chi connectivity index (χ4n) is 2.19. The van der Waals surface area contributed by atoms with Crippen LogP contribution in [0.2, 0.25) is 0 Å². The highest BCUT2D eigenvalue weighted by Gasteiger charge is 2.13. The van der Waals surface area contributed by atoms with Crippen LogP contribution in [0.4, 0.5) is 5.69 Å². The Kier molecular flexibility index (Phi) is 7.50. The van der Waals surface area contributed by atoms with Crippen molar-refractivity contribution in [2.24, 2.45) is 0 Å². The van der Waals surface area contributed by atoms with Crippen LogP contribution in [0.15, 0.2) is 53.4 Å². The average Bonchev–Trinajstić information content (AvgIpc) is 2.60. The zero-order valence-corrected chi connectivity index (χ0v) is 15.2. The molecular weight excluding hydrogens is 336 g/mol. The minimum atomic E-state index is -0.187. The molecule has 0 aliphatic rings. The lowest BCUT2D eigenvalue weighted by molar-refractivity contribution is -0.118. The van der Waals surface area contributed by atoms with Crippen molar-refractivity contribution in [2.75, 3.05) is 31.3 Å². The van der Waals surface area contributed by atoms with Crippen LogP contribution in [0.25, 0.3) is 0 Å². The minimum absolute atomic E-state index is 0.0871. The first kappa shape index (κ1) is 19.0. The molecule has 6 heteroatoms. The largest absolute Gasteiger partial charge is 0.383 e. The minimum Gasteiger partial charge on any atom is -0.383 e. The number of methoxy groups -OCH3 is 1. The molecule has 0 bridgehead atoms. The van der Waals surface area contributed by atoms with Crippen LogP contribution >= 0.6 is 11.8 Å². The Morgan fingerprint density at radius 3 is 2.68 bits per heavy atom. The van der Waals surface area contributed by atoms with Gasteiger partial charge in [0.25, 0.3) is 5.91 Å². The van der Waals surface area contributed by atoms with E-state index in [1.807, 2.05) is 49.4 Å². The zero-order chi connectivity index (χ0) is 18.1. The smallest absolute Gasteiger partial charge is 0.256 e. The Balaban J connectivity index is 1.99. The molecular formula is C19H22N2O3S. The summed E-state index contributed by atoms with van der Waals surface area (Å²) in [5, 5.41) is 5.66. The number of ether oxygens (including phenoxy) is 1. The number of aryl methyl sites for hydroxylation is 1. The van der Waals surface area contributed by atoms with E-state index in [-0.39, 0.29) is 17.6 Å². The maximum absolute atomic E-state index is 12.6. The van der Waals surface area contributed by atoms with Crippen LogP contribution in [0.1, 0.15) is 15.9 Å². The van der Waals surface area contributed by atoms with E-state index in [2.05, 4.69) is 10.6 Å². The van der Waals surface area contributed by atoms with Crippen LogP contribution in [-0.4, -0.2) is 37.8 Å². The highest BCUT2D eigenvalue weighted by atomic mass is 32.2. The van der Waals surface area contributed by atoms with Gasteiger partial charge in [-0.3, -0.25) is 9.59 Å². The van der Waals surface area contributed by atoms with Crippen LogP contribution < -0.4 is 10.6 Å². The van der Waals surface area contributed by atoms with Gasteiger partial charge in [-0.15, -0.1) is 11.8 Å². The Bertz CT molecular complexity index is 734. The number of carbonyl (C=O) groups is 2. The molecule has 0 aliphatic carbocycles. The number of thioether (sulfide) groups is 1. The quantitative estimate of drug-likeness (QED) is 0.562. The Hall–Kier alpha value is -2.31. The SMILES string of the molecule is COCCNC(=O)CSc1ccccc1C(=O)Nc1cccc(C)c1. The predicted octanol–water partition coefficient (Wildman–Crippen LogP) is 3.10. The van der Waals surface area contributed by atoms with Gasteiger partial charge in [-0.2, -0.15) is 0 Å². The maximum atomic E-state index is 12.6. The molecule has 0 aromatic heterocycles. The van der Waals surface area contributed by atoms with Gasteiger partial charge in [-0.05, 0) is 36.8 Å². The van der Waals surface area contributed by atoms with E-state index in [0.717, 1.165) is 16.1 Å². The number of carbonyl (C=O) groups excluding carboxylic acids is 2. The van der Waals surface area contributed by atoms with Gasteiger partial charge in [0.05, 0.1) is 17.9 Å². The molecule has 2 aromatic rings. The molecule has 25 heavy (non-hydrogen) atoms. The molecule has 5 nitrogen and oxygen atoms in total. The summed E-state index contributed by atoms with van der Waals surface area (Å²) in [7, 11) is 1.59. The number of rotatable bonds is 8. The maximum Gasteiger partial charge on any atom is 0.256 e. The molecule has 2 aromatic carbocycles. The standard InChI is InChI=1S/C19H22N2O3S/c1-14-6-5-7-15(12-14)21-19(23)16-8-3-4-9-17(16)25-13-18(22)20-10-11-24-2/h3-9,12H,10-11,13H2,1-2H3,(H,20,22)(H,21,23). The van der Waals surface area contributed by atoms with Crippen molar-refractivity contribution in [3.8, 4) is 0 Å². The van der Waals surface area contributed by atoms with E-state index >= 15 is 0 Å². The molecule has 2 rings (SSSR count). The van der Waals surface area contributed by atoms with Gasteiger partial charge in [0.1, 0.15) is 0 Å². The number of nitrogens with one attached hydrogen (secondary N) is 2. The summed E-state index contributed by atoms with van der Waals surface area (Å²) in [6, 6.07) is 14.9. The van der Waals surface area contributed by atoms with Crippen molar-refractivity contribution < 1.29 is 14.3 Å². The fourth-order valence-corrected chi connectivity index (χ4v) is 3.07. The topological polar surface area (TPSA) is 67.4 Å². The lowest BCUT2D eigenvalue weighted by Gasteiger charge is -2.10. The molecule has 0 radical (unpaired) electrons. The summed E-state index contributed by atoms with van der Waals surface area (Å²) in [5.74, 6) is -0.0252. The number of benzene rings is 2. The van der Waals surface area contributed by atoms with Crippen molar-refractivity contribution in [3.63, 3.8) is 0 Å². The van der Waals surface area contributed by atoms with Gasteiger partial charge in [0.2, 0.25) is 5.91 Å². The summed E-state index contributed by atoms with van der Waals surface area (Å²) < 4.78 is 4.90. The Labute approximate surface area is 152 Å². The first-order chi connectivity index (χ1) is 12.1. The molecule has 0 aliphatic heterocycles. The summed E-state index contributed by atoms with van der Waals surface area (Å²) in [4.78, 5) is 25.1. The first-order valence-electron chi connectivity index (χ1n) is 7.95. The summed E-state index contributed by atoms with van der Waals surface area (Å²) in [6.07, 6.45) is 0. The second-order valence-electron chi connectivity index (χ2n) is 5.45. The van der Waals surface area contributed by atoms with E-state index < -0.39 is 0 Å². The number of amides is 2. The van der Waals surface area contributed by atoms with E-state index in [1.165, 1.54) is 11.8 Å².